The molecule has 8 nitrogen and oxygen atoms in total. The maximum Gasteiger partial charge on any atom is 0.469 e. The summed E-state index contributed by atoms with van der Waals surface area (Å²) >= 11 is 0. The Morgan fingerprint density at radius 3 is 1.17 bits per heavy atom. The van der Waals surface area contributed by atoms with Crippen LogP contribution in [0, 0.1) is 0 Å². The van der Waals surface area contributed by atoms with Gasteiger partial charge in [-0.05, 0) is 77.0 Å². The van der Waals surface area contributed by atoms with Crippen LogP contribution in [0.1, 0.15) is 245 Å². The number of hydrogen-bond donors (Lipinski definition) is 2. The van der Waals surface area contributed by atoms with Crippen molar-refractivity contribution in [1.82, 2.24) is 0 Å². The highest BCUT2D eigenvalue weighted by atomic mass is 31.2. The minimum atomic E-state index is -4.76. The van der Waals surface area contributed by atoms with Gasteiger partial charge in [0, 0.05) is 12.8 Å². The molecule has 0 saturated heterocycles. The summed E-state index contributed by atoms with van der Waals surface area (Å²) < 4.78 is 26.5. The van der Waals surface area contributed by atoms with Crippen LogP contribution in [-0.2, 0) is 28.2 Å². The summed E-state index contributed by atoms with van der Waals surface area (Å²) in [6.07, 6.45) is 58.4. The first-order chi connectivity index (χ1) is 29.3. The van der Waals surface area contributed by atoms with Gasteiger partial charge >= 0.3 is 19.8 Å². The van der Waals surface area contributed by atoms with Crippen molar-refractivity contribution in [2.24, 2.45) is 0 Å². The summed E-state index contributed by atoms with van der Waals surface area (Å²) in [5.41, 5.74) is 0. The van der Waals surface area contributed by atoms with E-state index in [9.17, 15) is 14.2 Å². The highest BCUT2D eigenvalue weighted by Crippen LogP contribution is 2.36. The van der Waals surface area contributed by atoms with E-state index in [1.54, 1.807) is 0 Å². The summed E-state index contributed by atoms with van der Waals surface area (Å²) in [6, 6.07) is 0. The normalized spacial score (nSPS) is 12.8. The van der Waals surface area contributed by atoms with E-state index in [4.69, 9.17) is 19.3 Å². The van der Waals surface area contributed by atoms with Crippen LogP contribution in [0.5, 0.6) is 0 Å². The van der Waals surface area contributed by atoms with Gasteiger partial charge in [0.05, 0.1) is 6.61 Å². The van der Waals surface area contributed by atoms with Crippen LogP contribution in [-0.4, -0.2) is 41.0 Å². The molecule has 2 N–H and O–H groups in total. The molecule has 9 heteroatoms. The minimum absolute atomic E-state index is 0.197. The van der Waals surface area contributed by atoms with Crippen molar-refractivity contribution in [2.45, 2.75) is 251 Å². The van der Waals surface area contributed by atoms with Crippen molar-refractivity contribution < 1.29 is 37.9 Å². The average Bonchev–Trinajstić information content (AvgIpc) is 3.22. The first-order valence-corrected chi connectivity index (χ1v) is 26.5. The number of phosphoric ester groups is 1. The van der Waals surface area contributed by atoms with Crippen molar-refractivity contribution in [3.63, 3.8) is 0 Å². The second kappa shape index (κ2) is 46.5. The molecule has 0 aromatic carbocycles. The molecule has 0 rings (SSSR count). The van der Waals surface area contributed by atoms with Crippen molar-refractivity contribution in [2.75, 3.05) is 13.2 Å². The molecule has 0 spiro atoms. The second-order valence-electron chi connectivity index (χ2n) is 16.8. The predicted octanol–water partition coefficient (Wildman–Crippen LogP) is 15.9. The van der Waals surface area contributed by atoms with Crippen LogP contribution in [0.2, 0.25) is 0 Å². The van der Waals surface area contributed by atoms with Crippen LogP contribution in [0.4, 0.5) is 0 Å². The van der Waals surface area contributed by atoms with E-state index in [1.807, 2.05) is 0 Å². The SMILES string of the molecule is CCCCC/C=C\C/C=C\C/C=C\CCCCCCCCC(=O)OC(COC(=O)CCCCCCCCCCCCC/C=C\CCCCCCCCCC)COP(=O)(O)O. The Labute approximate surface area is 369 Å². The largest absolute Gasteiger partial charge is 0.469 e. The maximum absolute atomic E-state index is 12.5. The van der Waals surface area contributed by atoms with E-state index in [1.165, 1.54) is 141 Å². The molecule has 0 saturated carbocycles. The number of carbonyl (C=O) groups excluding carboxylic acids is 2. The Kier molecular flexibility index (Phi) is 45.0. The van der Waals surface area contributed by atoms with Crippen LogP contribution in [0.25, 0.3) is 0 Å². The smallest absolute Gasteiger partial charge is 0.462 e. The lowest BCUT2D eigenvalue weighted by Gasteiger charge is -2.18. The Bertz CT molecular complexity index is 1110. The van der Waals surface area contributed by atoms with Gasteiger partial charge in [-0.15, -0.1) is 0 Å². The number of allylic oxidation sites excluding steroid dienone is 8. The fourth-order valence-electron chi connectivity index (χ4n) is 7.08. The predicted molar refractivity (Wildman–Crippen MR) is 253 cm³/mol. The molecule has 1 unspecified atom stereocenters. The van der Waals surface area contributed by atoms with Gasteiger partial charge in [0.25, 0.3) is 0 Å². The molecule has 0 aliphatic carbocycles. The van der Waals surface area contributed by atoms with Gasteiger partial charge in [0.2, 0.25) is 0 Å². The molecule has 1 atom stereocenters. The summed E-state index contributed by atoms with van der Waals surface area (Å²) in [5.74, 6) is -0.894. The highest BCUT2D eigenvalue weighted by Gasteiger charge is 2.23. The molecule has 0 fully saturated rings. The molecule has 0 heterocycles. The van der Waals surface area contributed by atoms with E-state index in [0.29, 0.717) is 6.42 Å². The first-order valence-electron chi connectivity index (χ1n) is 24.9. The van der Waals surface area contributed by atoms with Crippen LogP contribution < -0.4 is 0 Å². The number of hydrogen-bond acceptors (Lipinski definition) is 6. The average molecular weight is 865 g/mol. The molecule has 0 aliphatic rings. The van der Waals surface area contributed by atoms with Gasteiger partial charge < -0.3 is 19.3 Å². The summed E-state index contributed by atoms with van der Waals surface area (Å²) in [6.45, 7) is 3.68. The van der Waals surface area contributed by atoms with Gasteiger partial charge in [-0.25, -0.2) is 4.57 Å². The molecular weight excluding hydrogens is 772 g/mol. The van der Waals surface area contributed by atoms with Crippen molar-refractivity contribution in [3.8, 4) is 0 Å². The van der Waals surface area contributed by atoms with E-state index in [-0.39, 0.29) is 19.4 Å². The number of carbonyl (C=O) groups is 2. The minimum Gasteiger partial charge on any atom is -0.462 e. The van der Waals surface area contributed by atoms with Crippen LogP contribution >= 0.6 is 7.82 Å². The van der Waals surface area contributed by atoms with E-state index < -0.39 is 32.5 Å². The Hall–Kier alpha value is -1.99. The second-order valence-corrected chi connectivity index (χ2v) is 18.0. The Morgan fingerprint density at radius 2 is 0.750 bits per heavy atom. The zero-order chi connectivity index (χ0) is 43.9. The van der Waals surface area contributed by atoms with Crippen molar-refractivity contribution in [1.29, 1.82) is 0 Å². The quantitative estimate of drug-likeness (QED) is 0.0269. The molecule has 0 aromatic rings. The van der Waals surface area contributed by atoms with Gasteiger partial charge in [0.15, 0.2) is 6.10 Å². The van der Waals surface area contributed by atoms with E-state index in [0.717, 1.165) is 70.6 Å². The molecule has 0 aromatic heterocycles. The third-order valence-electron chi connectivity index (χ3n) is 10.8. The van der Waals surface area contributed by atoms with Crippen molar-refractivity contribution >= 4 is 19.8 Å². The number of ether oxygens (including phenoxy) is 2. The van der Waals surface area contributed by atoms with Crippen LogP contribution in [0.3, 0.4) is 0 Å². The standard InChI is InChI=1S/C51H93O8P/c1-3-5-7-9-11-13-15-17-19-21-23-24-25-26-28-29-31-33-35-37-39-41-43-45-50(52)57-47-49(48-58-60(54,55)56)59-51(53)46-44-42-40-38-36-34-32-30-27-22-20-18-16-14-12-10-8-6-4-2/h12,14,18,20-21,23,27,30,49H,3-11,13,15-17,19,22,24-26,28-29,31-48H2,1-2H3,(H2,54,55,56)/b14-12-,20-18-,23-21-,30-27-. The number of esters is 2. The van der Waals surface area contributed by atoms with E-state index >= 15 is 0 Å². The lowest BCUT2D eigenvalue weighted by molar-refractivity contribution is -0.161. The van der Waals surface area contributed by atoms with Crippen LogP contribution in [0.15, 0.2) is 48.6 Å². The lowest BCUT2D eigenvalue weighted by atomic mass is 10.0. The monoisotopic (exact) mass is 865 g/mol. The van der Waals surface area contributed by atoms with E-state index in [2.05, 4.69) is 67.0 Å². The van der Waals surface area contributed by atoms with Gasteiger partial charge in [-0.3, -0.25) is 14.1 Å². The molecule has 350 valence electrons. The summed E-state index contributed by atoms with van der Waals surface area (Å²) in [4.78, 5) is 43.1. The molecule has 0 amide bonds. The highest BCUT2D eigenvalue weighted by molar-refractivity contribution is 7.46. The van der Waals surface area contributed by atoms with Gasteiger partial charge in [-0.1, -0.05) is 204 Å². The maximum atomic E-state index is 12.5. The number of phosphoric acid groups is 1. The van der Waals surface area contributed by atoms with Crippen molar-refractivity contribution in [3.05, 3.63) is 48.6 Å². The topological polar surface area (TPSA) is 119 Å². The van der Waals surface area contributed by atoms with Gasteiger partial charge in [-0.2, -0.15) is 0 Å². The molecule has 60 heavy (non-hydrogen) atoms. The third-order valence-corrected chi connectivity index (χ3v) is 11.3. The first kappa shape index (κ1) is 58.0. The zero-order valence-electron chi connectivity index (χ0n) is 38.9. The molecule has 0 radical (unpaired) electrons. The fraction of sp³-hybridized carbons (Fsp3) is 0.804. The summed E-state index contributed by atoms with van der Waals surface area (Å²) in [5, 5.41) is 0. The van der Waals surface area contributed by atoms with Gasteiger partial charge in [0.1, 0.15) is 6.61 Å². The zero-order valence-corrected chi connectivity index (χ0v) is 39.8. The Balaban J connectivity index is 3.84. The number of unbranched alkanes of at least 4 members (excludes halogenated alkanes) is 28. The molecule has 0 bridgehead atoms. The molecule has 0 aliphatic heterocycles. The third kappa shape index (κ3) is 48.7. The Morgan fingerprint density at radius 1 is 0.433 bits per heavy atom. The number of rotatable bonds is 46. The fourth-order valence-corrected chi connectivity index (χ4v) is 7.44. The lowest BCUT2D eigenvalue weighted by Crippen LogP contribution is -2.29. The molecular formula is C51H93O8P. The summed E-state index contributed by atoms with van der Waals surface area (Å²) in [7, 11) is -4.76.